The monoisotopic (exact) mass is 499 g/mol. The number of piperazine rings is 1. The predicted octanol–water partition coefficient (Wildman–Crippen LogP) is 3.20. The van der Waals surface area contributed by atoms with E-state index in [1.807, 2.05) is 16.9 Å². The molecule has 7 rings (SSSR count). The first kappa shape index (κ1) is 23.1. The van der Waals surface area contributed by atoms with Crippen molar-refractivity contribution in [3.63, 3.8) is 0 Å². The maximum Gasteiger partial charge on any atom is 0.159 e. The Morgan fingerprint density at radius 2 is 1.86 bits per heavy atom. The normalized spacial score (nSPS) is 28.9. The molecule has 4 fully saturated rings. The first-order valence-corrected chi connectivity index (χ1v) is 13.3. The van der Waals surface area contributed by atoms with Crippen LogP contribution in [0.4, 0.5) is 5.82 Å². The van der Waals surface area contributed by atoms with Crippen LogP contribution < -0.4 is 4.90 Å². The molecule has 3 atom stereocenters. The molecular formula is C28H33N7O2. The number of nitriles is 1. The van der Waals surface area contributed by atoms with Crippen LogP contribution in [0.1, 0.15) is 44.5 Å². The molecule has 0 amide bonds. The second-order valence-electron chi connectivity index (χ2n) is 11.5. The third-order valence-corrected chi connectivity index (χ3v) is 9.08. The number of fused-ring (bicyclic) bond motifs is 1. The van der Waals surface area contributed by atoms with Crippen LogP contribution in [0.15, 0.2) is 30.5 Å². The second kappa shape index (κ2) is 8.22. The van der Waals surface area contributed by atoms with Gasteiger partial charge in [0.05, 0.1) is 42.5 Å². The van der Waals surface area contributed by atoms with Crippen LogP contribution in [0.25, 0.3) is 16.7 Å². The number of anilines is 1. The Balaban J connectivity index is 1.25. The molecule has 0 radical (unpaired) electrons. The maximum atomic E-state index is 10.1. The minimum Gasteiger partial charge on any atom is -0.378 e. The van der Waals surface area contributed by atoms with E-state index in [1.54, 1.807) is 7.11 Å². The number of methoxy groups -OCH3 is 1. The molecule has 3 aromatic rings. The number of nitrogens with zero attached hydrogens (tertiary/aromatic N) is 7. The van der Waals surface area contributed by atoms with Crippen LogP contribution in [-0.4, -0.2) is 76.2 Å². The molecule has 2 saturated carbocycles. The van der Waals surface area contributed by atoms with Gasteiger partial charge < -0.3 is 14.4 Å². The molecular weight excluding hydrogens is 466 g/mol. The quantitative estimate of drug-likeness (QED) is 0.511. The molecule has 2 aliphatic carbocycles. The smallest absolute Gasteiger partial charge is 0.159 e. The van der Waals surface area contributed by atoms with E-state index in [-0.39, 0.29) is 10.8 Å². The lowest BCUT2D eigenvalue weighted by molar-refractivity contribution is -0.0941. The van der Waals surface area contributed by atoms with Gasteiger partial charge in [0.2, 0.25) is 0 Å². The van der Waals surface area contributed by atoms with Crippen LogP contribution in [0, 0.1) is 16.7 Å². The van der Waals surface area contributed by atoms with Crippen molar-refractivity contribution in [2.24, 2.45) is 5.41 Å². The molecule has 0 unspecified atom stereocenters. The zero-order chi connectivity index (χ0) is 25.4. The molecule has 1 spiro atoms. The highest BCUT2D eigenvalue weighted by atomic mass is 16.5. The summed E-state index contributed by atoms with van der Waals surface area (Å²) in [5.74, 6) is 2.26. The Morgan fingerprint density at radius 1 is 1.11 bits per heavy atom. The van der Waals surface area contributed by atoms with Crippen LogP contribution >= 0.6 is 0 Å². The zero-order valence-electron chi connectivity index (χ0n) is 21.7. The Kier molecular flexibility index (Phi) is 5.13. The maximum absolute atomic E-state index is 10.1. The van der Waals surface area contributed by atoms with E-state index in [1.165, 1.54) is 0 Å². The van der Waals surface area contributed by atoms with E-state index < -0.39 is 0 Å². The van der Waals surface area contributed by atoms with Gasteiger partial charge in [0, 0.05) is 43.7 Å². The zero-order valence-corrected chi connectivity index (χ0v) is 21.7. The van der Waals surface area contributed by atoms with E-state index in [4.69, 9.17) is 24.5 Å². The fourth-order valence-corrected chi connectivity index (χ4v) is 6.89. The average molecular weight is 500 g/mol. The van der Waals surface area contributed by atoms with Gasteiger partial charge in [0.25, 0.3) is 0 Å². The van der Waals surface area contributed by atoms with Crippen molar-refractivity contribution in [3.05, 3.63) is 41.9 Å². The Labute approximate surface area is 217 Å². The molecule has 4 aliphatic rings. The van der Waals surface area contributed by atoms with Crippen LogP contribution in [0.3, 0.4) is 0 Å². The van der Waals surface area contributed by atoms with Gasteiger partial charge in [-0.1, -0.05) is 12.1 Å². The molecule has 0 N–H and O–H groups in total. The van der Waals surface area contributed by atoms with Crippen molar-refractivity contribution in [2.75, 3.05) is 38.3 Å². The van der Waals surface area contributed by atoms with Gasteiger partial charge in [0.15, 0.2) is 11.6 Å². The third-order valence-electron chi connectivity index (χ3n) is 9.08. The summed E-state index contributed by atoms with van der Waals surface area (Å²) in [5, 5.41) is 15.8. The number of ether oxygens (including phenoxy) is 2. The first-order valence-electron chi connectivity index (χ1n) is 13.3. The molecule has 9 heteroatoms. The second-order valence-corrected chi connectivity index (χ2v) is 11.5. The predicted molar refractivity (Wildman–Crippen MR) is 139 cm³/mol. The van der Waals surface area contributed by atoms with E-state index in [9.17, 15) is 5.26 Å². The number of aromatic nitrogens is 4. The lowest BCUT2D eigenvalue weighted by Crippen LogP contribution is -2.64. The highest BCUT2D eigenvalue weighted by Crippen LogP contribution is 2.78. The molecule has 2 saturated heterocycles. The summed E-state index contributed by atoms with van der Waals surface area (Å²) in [6.45, 7) is 8.34. The summed E-state index contributed by atoms with van der Waals surface area (Å²) < 4.78 is 12.8. The first-order chi connectivity index (χ1) is 18.0. The number of hydrogen-bond donors (Lipinski definition) is 0. The number of rotatable bonds is 6. The van der Waals surface area contributed by atoms with Gasteiger partial charge in [-0.2, -0.15) is 10.4 Å². The fourth-order valence-electron chi connectivity index (χ4n) is 6.89. The van der Waals surface area contributed by atoms with Crippen molar-refractivity contribution in [3.8, 4) is 11.9 Å². The molecule has 2 aliphatic heterocycles. The fraction of sp³-hybridized carbons (Fsp3) is 0.571. The van der Waals surface area contributed by atoms with Crippen LogP contribution in [0.2, 0.25) is 0 Å². The lowest BCUT2D eigenvalue weighted by atomic mass is 9.93. The van der Waals surface area contributed by atoms with E-state index in [2.05, 4.69) is 47.9 Å². The molecule has 1 aromatic carbocycles. The molecule has 2 aromatic heterocycles. The molecule has 4 heterocycles. The van der Waals surface area contributed by atoms with Gasteiger partial charge in [-0.15, -0.1) is 0 Å². The summed E-state index contributed by atoms with van der Waals surface area (Å²) in [4.78, 5) is 14.7. The minimum absolute atomic E-state index is 0.217. The van der Waals surface area contributed by atoms with E-state index >= 15 is 0 Å². The van der Waals surface area contributed by atoms with Gasteiger partial charge in [-0.05, 0) is 50.2 Å². The van der Waals surface area contributed by atoms with E-state index in [0.29, 0.717) is 30.6 Å². The van der Waals surface area contributed by atoms with Crippen molar-refractivity contribution >= 4 is 16.7 Å². The minimum atomic E-state index is -0.342. The van der Waals surface area contributed by atoms with Crippen molar-refractivity contribution < 1.29 is 9.47 Å². The topological polar surface area (TPSA) is 92.3 Å². The van der Waals surface area contributed by atoms with Crippen LogP contribution in [-0.2, 0) is 21.5 Å². The Morgan fingerprint density at radius 3 is 2.49 bits per heavy atom. The lowest BCUT2D eigenvalue weighted by Gasteiger charge is -2.50. The van der Waals surface area contributed by atoms with Gasteiger partial charge in [-0.25, -0.2) is 14.6 Å². The third kappa shape index (κ3) is 3.50. The molecule has 37 heavy (non-hydrogen) atoms. The van der Waals surface area contributed by atoms with Crippen molar-refractivity contribution in [2.45, 2.75) is 63.3 Å². The standard InChI is InChI=1S/C28H33N7O2/c1-18-11-33(12-19(2)34(18)22-13-37-14-22)25-9-26(32-24(31-25)15-36-3)35-23-8-21(5-4-20(23)10-30-35)28(17-29)16-27(28)6-7-27/h4-5,8-10,18-19,22H,6-7,11-16H2,1-3H3/t18-,19+,28-/m1/s1. The van der Waals surface area contributed by atoms with Crippen molar-refractivity contribution in [1.29, 1.82) is 5.26 Å². The van der Waals surface area contributed by atoms with Gasteiger partial charge >= 0.3 is 0 Å². The molecule has 0 bridgehead atoms. The number of hydrogen-bond acceptors (Lipinski definition) is 8. The highest BCUT2D eigenvalue weighted by molar-refractivity contribution is 5.82. The summed E-state index contributed by atoms with van der Waals surface area (Å²) in [5.41, 5.74) is 1.95. The average Bonchev–Trinajstić information content (AvgIpc) is 3.74. The summed E-state index contributed by atoms with van der Waals surface area (Å²) >= 11 is 0. The highest BCUT2D eigenvalue weighted by Gasteiger charge is 2.75. The molecule has 9 nitrogen and oxygen atoms in total. The number of benzene rings is 1. The Hall–Kier alpha value is -3.06. The summed E-state index contributed by atoms with van der Waals surface area (Å²) in [6.07, 6.45) is 5.16. The Bertz CT molecular complexity index is 1390. The summed E-state index contributed by atoms with van der Waals surface area (Å²) in [6, 6.07) is 12.4. The SMILES string of the molecule is COCc1nc(N2C[C@@H](C)N(C3COC3)[C@@H](C)C2)cc(-n2ncc3ccc([C@]4(C#N)CC45CC5)cc32)n1. The van der Waals surface area contributed by atoms with Gasteiger partial charge in [-0.3, -0.25) is 4.90 Å². The van der Waals surface area contributed by atoms with Crippen LogP contribution in [0.5, 0.6) is 0 Å². The molecule has 192 valence electrons. The van der Waals surface area contributed by atoms with Crippen molar-refractivity contribution in [1.82, 2.24) is 24.6 Å². The largest absolute Gasteiger partial charge is 0.378 e. The van der Waals surface area contributed by atoms with Gasteiger partial charge in [0.1, 0.15) is 12.4 Å². The summed E-state index contributed by atoms with van der Waals surface area (Å²) in [7, 11) is 1.67. The van der Waals surface area contributed by atoms with E-state index in [0.717, 1.165) is 73.7 Å².